The van der Waals surface area contributed by atoms with Gasteiger partial charge < -0.3 is 20.3 Å². The van der Waals surface area contributed by atoms with E-state index in [-0.39, 0.29) is 18.5 Å². The maximum Gasteiger partial charge on any atom is 0.337 e. The molecule has 25 heavy (non-hydrogen) atoms. The molecule has 0 spiro atoms. The minimum absolute atomic E-state index is 0.237. The fraction of sp³-hybridized carbons (Fsp3) is 0.556. The van der Waals surface area contributed by atoms with Crippen LogP contribution in [0.25, 0.3) is 0 Å². The number of nitrogens with one attached hydrogen (secondary N) is 3. The van der Waals surface area contributed by atoms with E-state index in [1.807, 2.05) is 11.3 Å². The van der Waals surface area contributed by atoms with Crippen molar-refractivity contribution >= 4 is 23.3 Å². The molecule has 0 saturated heterocycles. The van der Waals surface area contributed by atoms with Gasteiger partial charge in [0, 0.05) is 22.8 Å². The largest absolute Gasteiger partial charge is 0.463 e. The summed E-state index contributed by atoms with van der Waals surface area (Å²) in [6.45, 7) is 4.08. The first-order chi connectivity index (χ1) is 12.2. The molecule has 2 amide bonds. The molecule has 0 aromatic carbocycles. The summed E-state index contributed by atoms with van der Waals surface area (Å²) in [5.41, 5.74) is 2.76. The normalized spacial score (nSPS) is 25.9. The van der Waals surface area contributed by atoms with Crippen molar-refractivity contribution < 1.29 is 19.2 Å². The number of hydrogen-bond donors (Lipinski definition) is 3. The van der Waals surface area contributed by atoms with Crippen molar-refractivity contribution in [2.45, 2.75) is 32.2 Å². The van der Waals surface area contributed by atoms with Gasteiger partial charge in [-0.2, -0.15) is 0 Å². The Kier molecular flexibility index (Phi) is 4.52. The fourth-order valence-electron chi connectivity index (χ4n) is 4.02. The Morgan fingerprint density at radius 2 is 2.28 bits per heavy atom. The van der Waals surface area contributed by atoms with Crippen molar-refractivity contribution in [2.75, 3.05) is 26.2 Å². The first-order valence-electron chi connectivity index (χ1n) is 9.02. The quantitative estimate of drug-likeness (QED) is 0.678. The topological polar surface area (TPSA) is 71.9 Å². The zero-order chi connectivity index (χ0) is 17.4. The Bertz CT molecular complexity index is 723. The second-order valence-corrected chi connectivity index (χ2v) is 7.94. The van der Waals surface area contributed by atoms with E-state index >= 15 is 0 Å². The van der Waals surface area contributed by atoms with Crippen molar-refractivity contribution in [1.82, 2.24) is 10.6 Å². The van der Waals surface area contributed by atoms with Crippen LogP contribution in [0.1, 0.15) is 36.2 Å². The zero-order valence-electron chi connectivity index (χ0n) is 14.4. The average Bonchev–Trinajstić information content (AvgIpc) is 3.31. The summed E-state index contributed by atoms with van der Waals surface area (Å²) in [7, 11) is 0. The van der Waals surface area contributed by atoms with Crippen LogP contribution in [0.15, 0.2) is 22.7 Å². The standard InChI is InChI=1S/C18H23N3O3S/c1-2-24-17(22)13-9-19-18(23)20-14(13)10-21-7-5-15-12(6-8-25-15)16(21)11-3-4-11/h6,8,11,16H,2-5,7,9-10H2,1H3,(H2,19,20,23)/p+1/t16-/m1/s1. The van der Waals surface area contributed by atoms with E-state index in [9.17, 15) is 9.59 Å². The molecule has 0 radical (unpaired) electrons. The molecule has 7 heteroatoms. The fourth-order valence-corrected chi connectivity index (χ4v) is 4.95. The van der Waals surface area contributed by atoms with Gasteiger partial charge >= 0.3 is 12.0 Å². The van der Waals surface area contributed by atoms with Crippen LogP contribution < -0.4 is 15.5 Å². The number of urea groups is 1. The molecule has 2 aliphatic heterocycles. The average molecular weight is 362 g/mol. The van der Waals surface area contributed by atoms with Gasteiger partial charge in [-0.15, -0.1) is 11.3 Å². The van der Waals surface area contributed by atoms with Crippen LogP contribution in [0.3, 0.4) is 0 Å². The van der Waals surface area contributed by atoms with Gasteiger partial charge in [0.1, 0.15) is 12.6 Å². The third kappa shape index (κ3) is 3.30. The highest BCUT2D eigenvalue weighted by Gasteiger charge is 2.44. The van der Waals surface area contributed by atoms with E-state index in [4.69, 9.17) is 4.74 Å². The van der Waals surface area contributed by atoms with E-state index in [1.54, 1.807) is 6.92 Å². The van der Waals surface area contributed by atoms with Gasteiger partial charge in [-0.05, 0) is 31.2 Å². The van der Waals surface area contributed by atoms with Crippen molar-refractivity contribution in [3.8, 4) is 0 Å². The third-order valence-electron chi connectivity index (χ3n) is 5.30. The van der Waals surface area contributed by atoms with E-state index < -0.39 is 0 Å². The van der Waals surface area contributed by atoms with Gasteiger partial charge in [-0.3, -0.25) is 0 Å². The molecule has 4 rings (SSSR count). The number of thiophene rings is 1. The Hall–Kier alpha value is -1.86. The monoisotopic (exact) mass is 362 g/mol. The third-order valence-corrected chi connectivity index (χ3v) is 6.30. The molecular weight excluding hydrogens is 338 g/mol. The Labute approximate surface area is 151 Å². The second-order valence-electron chi connectivity index (χ2n) is 6.93. The van der Waals surface area contributed by atoms with Crippen molar-refractivity contribution in [2.24, 2.45) is 5.92 Å². The molecule has 1 aromatic rings. The second kappa shape index (κ2) is 6.80. The first kappa shape index (κ1) is 16.6. The lowest BCUT2D eigenvalue weighted by Crippen LogP contribution is -3.14. The Balaban J connectivity index is 1.60. The van der Waals surface area contributed by atoms with E-state index in [2.05, 4.69) is 22.1 Å². The molecular formula is C18H24N3O3S+. The van der Waals surface area contributed by atoms with Crippen molar-refractivity contribution in [3.05, 3.63) is 33.2 Å². The van der Waals surface area contributed by atoms with E-state index in [0.29, 0.717) is 24.8 Å². The summed E-state index contributed by atoms with van der Waals surface area (Å²) in [6, 6.07) is 2.51. The molecule has 3 aliphatic rings. The number of carbonyl (C=O) groups is 2. The number of carbonyl (C=O) groups excluding carboxylic acids is 2. The number of rotatable bonds is 5. The maximum absolute atomic E-state index is 12.3. The molecule has 3 N–H and O–H groups in total. The molecule has 1 aliphatic carbocycles. The number of ether oxygens (including phenoxy) is 1. The molecule has 2 atom stereocenters. The molecule has 1 unspecified atom stereocenters. The zero-order valence-corrected chi connectivity index (χ0v) is 15.2. The number of fused-ring (bicyclic) bond motifs is 1. The summed E-state index contributed by atoms with van der Waals surface area (Å²) in [5.74, 6) is 0.397. The number of esters is 1. The van der Waals surface area contributed by atoms with Gasteiger partial charge in [-0.1, -0.05) is 0 Å². The molecule has 1 fully saturated rings. The lowest BCUT2D eigenvalue weighted by molar-refractivity contribution is -0.932. The van der Waals surface area contributed by atoms with Crippen molar-refractivity contribution in [1.29, 1.82) is 0 Å². The smallest absolute Gasteiger partial charge is 0.337 e. The van der Waals surface area contributed by atoms with Crippen LogP contribution in [-0.2, 0) is 16.0 Å². The first-order valence-corrected chi connectivity index (χ1v) is 9.90. The molecule has 1 saturated carbocycles. The molecule has 134 valence electrons. The van der Waals surface area contributed by atoms with E-state index in [0.717, 1.165) is 24.6 Å². The predicted octanol–water partition coefficient (Wildman–Crippen LogP) is 0.770. The number of hydrogen-bond acceptors (Lipinski definition) is 4. The Morgan fingerprint density at radius 1 is 1.44 bits per heavy atom. The van der Waals surface area contributed by atoms with Crippen LogP contribution in [0, 0.1) is 5.92 Å². The highest BCUT2D eigenvalue weighted by atomic mass is 32.1. The van der Waals surface area contributed by atoms with Crippen LogP contribution in [-0.4, -0.2) is 38.2 Å². The summed E-state index contributed by atoms with van der Waals surface area (Å²) >= 11 is 1.86. The van der Waals surface area contributed by atoms with Gasteiger partial charge in [0.25, 0.3) is 0 Å². The lowest BCUT2D eigenvalue weighted by atomic mass is 9.95. The van der Waals surface area contributed by atoms with Crippen LogP contribution >= 0.6 is 11.3 Å². The molecule has 3 heterocycles. The Morgan fingerprint density at radius 3 is 3.04 bits per heavy atom. The van der Waals surface area contributed by atoms with Gasteiger partial charge in [0.2, 0.25) is 0 Å². The molecule has 6 nitrogen and oxygen atoms in total. The lowest BCUT2D eigenvalue weighted by Gasteiger charge is -2.34. The minimum Gasteiger partial charge on any atom is -0.463 e. The number of amides is 2. The van der Waals surface area contributed by atoms with E-state index in [1.165, 1.54) is 28.2 Å². The van der Waals surface area contributed by atoms with Crippen LogP contribution in [0.4, 0.5) is 4.79 Å². The SMILES string of the molecule is CCOC(=O)C1=C(C[NH+]2CCc3sccc3[C@H]2C2CC2)NC(=O)NC1. The highest BCUT2D eigenvalue weighted by Crippen LogP contribution is 2.42. The number of quaternary nitrogens is 1. The molecule has 1 aromatic heterocycles. The van der Waals surface area contributed by atoms with Crippen LogP contribution in [0.5, 0.6) is 0 Å². The van der Waals surface area contributed by atoms with Gasteiger partial charge in [0.15, 0.2) is 0 Å². The summed E-state index contributed by atoms with van der Waals surface area (Å²) < 4.78 is 5.17. The maximum atomic E-state index is 12.3. The summed E-state index contributed by atoms with van der Waals surface area (Å²) in [4.78, 5) is 27.0. The van der Waals surface area contributed by atoms with Gasteiger partial charge in [0.05, 0.1) is 31.0 Å². The van der Waals surface area contributed by atoms with Crippen molar-refractivity contribution in [3.63, 3.8) is 0 Å². The predicted molar refractivity (Wildman–Crippen MR) is 94.4 cm³/mol. The summed E-state index contributed by atoms with van der Waals surface area (Å²) in [6.07, 6.45) is 3.63. The van der Waals surface area contributed by atoms with Crippen LogP contribution in [0.2, 0.25) is 0 Å². The minimum atomic E-state index is -0.333. The highest BCUT2D eigenvalue weighted by molar-refractivity contribution is 7.10. The molecule has 0 bridgehead atoms. The summed E-state index contributed by atoms with van der Waals surface area (Å²) in [5, 5.41) is 7.73. The van der Waals surface area contributed by atoms with Gasteiger partial charge in [-0.25, -0.2) is 9.59 Å².